The van der Waals surface area contributed by atoms with E-state index in [2.05, 4.69) is 15.2 Å². The van der Waals surface area contributed by atoms with Gasteiger partial charge in [-0.05, 0) is 49.1 Å². The minimum absolute atomic E-state index is 0.133. The van der Waals surface area contributed by atoms with Crippen molar-refractivity contribution in [3.8, 4) is 5.75 Å². The second kappa shape index (κ2) is 7.81. The third kappa shape index (κ3) is 4.04. The number of amides is 1. The van der Waals surface area contributed by atoms with Gasteiger partial charge in [-0.2, -0.15) is 0 Å². The molecule has 1 aliphatic heterocycles. The van der Waals surface area contributed by atoms with E-state index in [0.29, 0.717) is 12.2 Å². The summed E-state index contributed by atoms with van der Waals surface area (Å²) in [5.41, 5.74) is 2.69. The fourth-order valence-corrected chi connectivity index (χ4v) is 2.92. The maximum absolute atomic E-state index is 12.2. The Morgan fingerprint density at radius 1 is 1.25 bits per heavy atom. The second-order valence-electron chi connectivity index (χ2n) is 5.95. The van der Waals surface area contributed by atoms with Gasteiger partial charge in [0.2, 0.25) is 0 Å². The highest BCUT2D eigenvalue weighted by atomic mass is 16.5. The van der Waals surface area contributed by atoms with Crippen LogP contribution < -0.4 is 15.0 Å². The summed E-state index contributed by atoms with van der Waals surface area (Å²) in [6.07, 6.45) is 5.01. The van der Waals surface area contributed by atoms with Crippen LogP contribution in [0.1, 0.15) is 28.9 Å². The van der Waals surface area contributed by atoms with Crippen molar-refractivity contribution < 1.29 is 9.53 Å². The van der Waals surface area contributed by atoms with Crippen molar-refractivity contribution in [3.05, 3.63) is 53.9 Å². The van der Waals surface area contributed by atoms with E-state index >= 15 is 0 Å². The monoisotopic (exact) mass is 325 g/mol. The molecule has 5 heteroatoms. The Labute approximate surface area is 142 Å². The molecule has 0 radical (unpaired) electrons. The standard InChI is InChI=1S/C19H23N3O2/c1-24-17-6-4-5-15(13-17)9-10-20-19(23)18-8-7-16(14-21-18)22-11-2-3-12-22/h4-8,13-14H,2-3,9-12H2,1H3,(H,20,23). The maximum Gasteiger partial charge on any atom is 0.269 e. The van der Waals surface area contributed by atoms with Gasteiger partial charge in [0.05, 0.1) is 19.0 Å². The molecule has 126 valence electrons. The normalized spacial score (nSPS) is 13.8. The smallest absolute Gasteiger partial charge is 0.269 e. The van der Waals surface area contributed by atoms with Crippen molar-refractivity contribution in [2.24, 2.45) is 0 Å². The number of aromatic nitrogens is 1. The van der Waals surface area contributed by atoms with Crippen LogP contribution >= 0.6 is 0 Å². The summed E-state index contributed by atoms with van der Waals surface area (Å²) in [7, 11) is 1.65. The molecule has 0 saturated carbocycles. The van der Waals surface area contributed by atoms with E-state index in [0.717, 1.165) is 36.5 Å². The molecule has 0 atom stereocenters. The Kier molecular flexibility index (Phi) is 5.31. The van der Waals surface area contributed by atoms with E-state index in [-0.39, 0.29) is 5.91 Å². The average Bonchev–Trinajstić information content (AvgIpc) is 3.16. The SMILES string of the molecule is COc1cccc(CCNC(=O)c2ccc(N3CCCC3)cn2)c1. The summed E-state index contributed by atoms with van der Waals surface area (Å²) < 4.78 is 5.20. The molecule has 1 fully saturated rings. The summed E-state index contributed by atoms with van der Waals surface area (Å²) in [5, 5.41) is 2.92. The maximum atomic E-state index is 12.2. The number of nitrogens with one attached hydrogen (secondary N) is 1. The van der Waals surface area contributed by atoms with E-state index in [9.17, 15) is 4.79 Å². The molecule has 3 rings (SSSR count). The minimum atomic E-state index is -0.133. The van der Waals surface area contributed by atoms with Gasteiger partial charge in [-0.3, -0.25) is 4.79 Å². The Hall–Kier alpha value is -2.56. The Bertz CT molecular complexity index is 679. The number of carbonyl (C=O) groups excluding carboxylic acids is 1. The summed E-state index contributed by atoms with van der Waals surface area (Å²) in [4.78, 5) is 18.8. The van der Waals surface area contributed by atoms with Gasteiger partial charge in [0.15, 0.2) is 0 Å². The van der Waals surface area contributed by atoms with Gasteiger partial charge in [0, 0.05) is 19.6 Å². The van der Waals surface area contributed by atoms with E-state index < -0.39 is 0 Å². The first-order valence-electron chi connectivity index (χ1n) is 8.38. The lowest BCUT2D eigenvalue weighted by Gasteiger charge is -2.16. The molecule has 0 aliphatic carbocycles. The lowest BCUT2D eigenvalue weighted by Crippen LogP contribution is -2.26. The molecule has 1 aliphatic rings. The zero-order chi connectivity index (χ0) is 16.8. The third-order valence-electron chi connectivity index (χ3n) is 4.29. The minimum Gasteiger partial charge on any atom is -0.497 e. The van der Waals surface area contributed by atoms with Crippen LogP contribution in [0.15, 0.2) is 42.6 Å². The number of pyridine rings is 1. The van der Waals surface area contributed by atoms with E-state index in [1.807, 2.05) is 30.3 Å². The summed E-state index contributed by atoms with van der Waals surface area (Å²) >= 11 is 0. The van der Waals surface area contributed by atoms with Crippen molar-refractivity contribution in [2.45, 2.75) is 19.3 Å². The molecule has 5 nitrogen and oxygen atoms in total. The van der Waals surface area contributed by atoms with Gasteiger partial charge >= 0.3 is 0 Å². The second-order valence-corrected chi connectivity index (χ2v) is 5.95. The van der Waals surface area contributed by atoms with Gasteiger partial charge in [0.25, 0.3) is 5.91 Å². The average molecular weight is 325 g/mol. The Morgan fingerprint density at radius 3 is 2.79 bits per heavy atom. The number of nitrogens with zero attached hydrogens (tertiary/aromatic N) is 2. The van der Waals surface area contributed by atoms with Gasteiger partial charge < -0.3 is 15.0 Å². The molecular formula is C19H23N3O2. The number of ether oxygens (including phenoxy) is 1. The lowest BCUT2D eigenvalue weighted by atomic mass is 10.1. The summed E-state index contributed by atoms with van der Waals surface area (Å²) in [6.45, 7) is 2.73. The van der Waals surface area contributed by atoms with Crippen LogP contribution in [0.3, 0.4) is 0 Å². The highest BCUT2D eigenvalue weighted by Crippen LogP contribution is 2.19. The molecule has 1 saturated heterocycles. The zero-order valence-corrected chi connectivity index (χ0v) is 14.0. The first-order chi connectivity index (χ1) is 11.8. The van der Waals surface area contributed by atoms with E-state index in [1.54, 1.807) is 19.4 Å². The predicted octanol–water partition coefficient (Wildman–Crippen LogP) is 2.66. The molecule has 2 heterocycles. The lowest BCUT2D eigenvalue weighted by molar-refractivity contribution is 0.0949. The largest absolute Gasteiger partial charge is 0.497 e. The van der Waals surface area contributed by atoms with Crippen molar-refractivity contribution in [3.63, 3.8) is 0 Å². The fraction of sp³-hybridized carbons (Fsp3) is 0.368. The number of hydrogen-bond donors (Lipinski definition) is 1. The van der Waals surface area contributed by atoms with Crippen molar-refractivity contribution in [1.82, 2.24) is 10.3 Å². The molecule has 24 heavy (non-hydrogen) atoms. The van der Waals surface area contributed by atoms with Crippen molar-refractivity contribution in [1.29, 1.82) is 0 Å². The number of methoxy groups -OCH3 is 1. The van der Waals surface area contributed by atoms with Crippen LogP contribution in [0.5, 0.6) is 5.75 Å². The number of carbonyl (C=O) groups is 1. The molecule has 0 spiro atoms. The number of hydrogen-bond acceptors (Lipinski definition) is 4. The number of anilines is 1. The first kappa shape index (κ1) is 16.3. The quantitative estimate of drug-likeness (QED) is 0.887. The third-order valence-corrected chi connectivity index (χ3v) is 4.29. The van der Waals surface area contributed by atoms with Crippen molar-refractivity contribution in [2.75, 3.05) is 31.6 Å². The van der Waals surface area contributed by atoms with E-state index in [4.69, 9.17) is 4.74 Å². The number of rotatable bonds is 6. The van der Waals surface area contributed by atoms with Crippen LogP contribution in [-0.2, 0) is 6.42 Å². The van der Waals surface area contributed by atoms with Gasteiger partial charge in [-0.15, -0.1) is 0 Å². The predicted molar refractivity (Wildman–Crippen MR) is 94.7 cm³/mol. The van der Waals surface area contributed by atoms with Crippen LogP contribution in [-0.4, -0.2) is 37.6 Å². The van der Waals surface area contributed by atoms with E-state index in [1.165, 1.54) is 12.8 Å². The summed E-state index contributed by atoms with van der Waals surface area (Å²) in [6, 6.07) is 11.7. The van der Waals surface area contributed by atoms with Crippen LogP contribution in [0.4, 0.5) is 5.69 Å². The highest BCUT2D eigenvalue weighted by Gasteiger charge is 2.13. The summed E-state index contributed by atoms with van der Waals surface area (Å²) in [5.74, 6) is 0.698. The molecule has 1 N–H and O–H groups in total. The molecule has 1 aromatic heterocycles. The molecule has 0 bridgehead atoms. The van der Waals surface area contributed by atoms with Gasteiger partial charge in [-0.25, -0.2) is 4.98 Å². The van der Waals surface area contributed by atoms with Gasteiger partial charge in [0.1, 0.15) is 11.4 Å². The van der Waals surface area contributed by atoms with Gasteiger partial charge in [-0.1, -0.05) is 12.1 Å². The van der Waals surface area contributed by atoms with Crippen LogP contribution in [0.25, 0.3) is 0 Å². The molecule has 2 aromatic rings. The Balaban J connectivity index is 1.51. The topological polar surface area (TPSA) is 54.5 Å². The molecule has 0 unspecified atom stereocenters. The van der Waals surface area contributed by atoms with Crippen LogP contribution in [0, 0.1) is 0 Å². The molecule has 1 aromatic carbocycles. The molecule has 1 amide bonds. The Morgan fingerprint density at radius 2 is 2.08 bits per heavy atom. The fourth-order valence-electron chi connectivity index (χ4n) is 2.92. The zero-order valence-electron chi connectivity index (χ0n) is 14.0. The van der Waals surface area contributed by atoms with Crippen molar-refractivity contribution >= 4 is 11.6 Å². The number of benzene rings is 1. The molecular weight excluding hydrogens is 302 g/mol. The highest BCUT2D eigenvalue weighted by molar-refractivity contribution is 5.92. The van der Waals surface area contributed by atoms with Crippen LogP contribution in [0.2, 0.25) is 0 Å². The first-order valence-corrected chi connectivity index (χ1v) is 8.38.